The molecule has 0 aliphatic rings. The van der Waals surface area contributed by atoms with Crippen molar-refractivity contribution in [2.24, 2.45) is 11.5 Å². The number of nitrogens with two attached hydrogens (primary N) is 2. The number of hydrogen-bond acceptors (Lipinski definition) is 3. The van der Waals surface area contributed by atoms with Crippen molar-refractivity contribution in [3.63, 3.8) is 0 Å². The molecule has 0 radical (unpaired) electrons. The van der Waals surface area contributed by atoms with E-state index >= 15 is 0 Å². The molecule has 0 bridgehead atoms. The molecule has 2 atom stereocenters. The Labute approximate surface area is 72.8 Å². The molecule has 0 saturated heterocycles. The van der Waals surface area contributed by atoms with Gasteiger partial charge in [0.15, 0.2) is 0 Å². The van der Waals surface area contributed by atoms with E-state index in [1.165, 1.54) is 5.56 Å². The van der Waals surface area contributed by atoms with Gasteiger partial charge in [0, 0.05) is 24.5 Å². The quantitative estimate of drug-likeness (QED) is 0.677. The van der Waals surface area contributed by atoms with Gasteiger partial charge < -0.3 is 11.5 Å². The molecule has 0 amide bonds. The number of aromatic nitrogens is 1. The van der Waals surface area contributed by atoms with Crippen LogP contribution in [0.3, 0.4) is 0 Å². The molecule has 12 heavy (non-hydrogen) atoms. The second-order valence-electron chi connectivity index (χ2n) is 3.08. The molecule has 1 aromatic rings. The minimum Gasteiger partial charge on any atom is -0.327 e. The Morgan fingerprint density at radius 3 is 2.42 bits per heavy atom. The fourth-order valence-corrected chi connectivity index (χ4v) is 0.977. The molecule has 66 valence electrons. The lowest BCUT2D eigenvalue weighted by molar-refractivity contribution is 0.557. The predicted molar refractivity (Wildman–Crippen MR) is 49.6 cm³/mol. The van der Waals surface area contributed by atoms with Crippen LogP contribution in [0.15, 0.2) is 24.5 Å². The first-order valence-electron chi connectivity index (χ1n) is 4.10. The molecule has 1 rings (SSSR count). The van der Waals surface area contributed by atoms with Crippen LogP contribution in [0.1, 0.15) is 12.5 Å². The van der Waals surface area contributed by atoms with Crippen molar-refractivity contribution < 1.29 is 0 Å². The molecule has 2 unspecified atom stereocenters. The summed E-state index contributed by atoms with van der Waals surface area (Å²) >= 11 is 0. The molecule has 1 aromatic heterocycles. The van der Waals surface area contributed by atoms with Gasteiger partial charge >= 0.3 is 0 Å². The molecule has 0 aromatic carbocycles. The minimum atomic E-state index is 0.0346. The summed E-state index contributed by atoms with van der Waals surface area (Å²) in [6, 6.07) is 4.00. The third-order valence-electron chi connectivity index (χ3n) is 1.90. The van der Waals surface area contributed by atoms with Gasteiger partial charge in [0.05, 0.1) is 0 Å². The highest BCUT2D eigenvalue weighted by Crippen LogP contribution is 2.01. The molecule has 3 nitrogen and oxygen atoms in total. The highest BCUT2D eigenvalue weighted by atomic mass is 14.8. The number of hydrogen-bond donors (Lipinski definition) is 2. The van der Waals surface area contributed by atoms with Gasteiger partial charge in [-0.1, -0.05) is 0 Å². The number of rotatable bonds is 3. The minimum absolute atomic E-state index is 0.0346. The number of nitrogens with zero attached hydrogens (tertiary/aromatic N) is 1. The third kappa shape index (κ3) is 2.60. The summed E-state index contributed by atoms with van der Waals surface area (Å²) in [7, 11) is 0. The molecule has 4 N–H and O–H groups in total. The van der Waals surface area contributed by atoms with Crippen molar-refractivity contribution in [2.45, 2.75) is 25.4 Å². The van der Waals surface area contributed by atoms with E-state index in [2.05, 4.69) is 4.98 Å². The van der Waals surface area contributed by atoms with Crippen LogP contribution in [-0.4, -0.2) is 17.1 Å². The van der Waals surface area contributed by atoms with Crippen molar-refractivity contribution in [3.05, 3.63) is 30.1 Å². The lowest BCUT2D eigenvalue weighted by Crippen LogP contribution is -2.40. The largest absolute Gasteiger partial charge is 0.327 e. The Kier molecular flexibility index (Phi) is 3.19. The van der Waals surface area contributed by atoms with Crippen LogP contribution in [0.25, 0.3) is 0 Å². The SMILES string of the molecule is CC(N)C(N)Cc1ccncc1. The fourth-order valence-electron chi connectivity index (χ4n) is 0.977. The molecule has 0 spiro atoms. The van der Waals surface area contributed by atoms with Crippen LogP contribution in [0.5, 0.6) is 0 Å². The summed E-state index contributed by atoms with van der Waals surface area (Å²) in [5, 5.41) is 0. The predicted octanol–water partition coefficient (Wildman–Crippen LogP) is 0.299. The van der Waals surface area contributed by atoms with E-state index < -0.39 is 0 Å². The molecule has 0 aliphatic carbocycles. The van der Waals surface area contributed by atoms with E-state index in [1.54, 1.807) is 12.4 Å². The highest BCUT2D eigenvalue weighted by Gasteiger charge is 2.07. The smallest absolute Gasteiger partial charge is 0.0270 e. The summed E-state index contributed by atoms with van der Waals surface area (Å²) in [5.74, 6) is 0. The first-order chi connectivity index (χ1) is 5.70. The van der Waals surface area contributed by atoms with Crippen molar-refractivity contribution in [1.29, 1.82) is 0 Å². The number of pyridine rings is 1. The fraction of sp³-hybridized carbons (Fsp3) is 0.444. The summed E-state index contributed by atoms with van der Waals surface area (Å²) in [5.41, 5.74) is 12.6. The Balaban J connectivity index is 2.53. The monoisotopic (exact) mass is 165 g/mol. The summed E-state index contributed by atoms with van der Waals surface area (Å²) in [4.78, 5) is 3.93. The Morgan fingerprint density at radius 1 is 1.33 bits per heavy atom. The zero-order valence-corrected chi connectivity index (χ0v) is 7.27. The average Bonchev–Trinajstić information content (AvgIpc) is 2.06. The average molecular weight is 165 g/mol. The van der Waals surface area contributed by atoms with Gasteiger partial charge in [0.2, 0.25) is 0 Å². The van der Waals surface area contributed by atoms with Crippen LogP contribution in [0.2, 0.25) is 0 Å². The van der Waals surface area contributed by atoms with Crippen LogP contribution in [0.4, 0.5) is 0 Å². The van der Waals surface area contributed by atoms with Gasteiger partial charge in [0.25, 0.3) is 0 Å². The van der Waals surface area contributed by atoms with E-state index in [9.17, 15) is 0 Å². The summed E-state index contributed by atoms with van der Waals surface area (Å²) in [6.07, 6.45) is 4.35. The molecule has 0 fully saturated rings. The van der Waals surface area contributed by atoms with Crippen LogP contribution < -0.4 is 11.5 Å². The van der Waals surface area contributed by atoms with Crippen LogP contribution in [0, 0.1) is 0 Å². The second kappa shape index (κ2) is 4.18. The van der Waals surface area contributed by atoms with E-state index in [-0.39, 0.29) is 12.1 Å². The molecule has 0 saturated carbocycles. The summed E-state index contributed by atoms with van der Waals surface area (Å²) in [6.45, 7) is 1.92. The van der Waals surface area contributed by atoms with Gasteiger partial charge in [0.1, 0.15) is 0 Å². The first-order valence-corrected chi connectivity index (χ1v) is 4.10. The molecule has 1 heterocycles. The molecular formula is C9H15N3. The van der Waals surface area contributed by atoms with E-state index in [4.69, 9.17) is 11.5 Å². The lowest BCUT2D eigenvalue weighted by atomic mass is 10.0. The normalized spacial score (nSPS) is 15.6. The van der Waals surface area contributed by atoms with Gasteiger partial charge in [-0.05, 0) is 31.0 Å². The van der Waals surface area contributed by atoms with E-state index in [0.717, 1.165) is 6.42 Å². The maximum absolute atomic E-state index is 5.80. The Hall–Kier alpha value is -0.930. The van der Waals surface area contributed by atoms with Crippen molar-refractivity contribution in [2.75, 3.05) is 0 Å². The maximum atomic E-state index is 5.80. The molecular weight excluding hydrogens is 150 g/mol. The van der Waals surface area contributed by atoms with Gasteiger partial charge in [-0.15, -0.1) is 0 Å². The Morgan fingerprint density at radius 2 is 1.92 bits per heavy atom. The Bertz CT molecular complexity index is 220. The zero-order chi connectivity index (χ0) is 8.97. The maximum Gasteiger partial charge on any atom is 0.0270 e. The van der Waals surface area contributed by atoms with E-state index in [1.807, 2.05) is 19.1 Å². The highest BCUT2D eigenvalue weighted by molar-refractivity contribution is 5.11. The molecule has 3 heteroatoms. The lowest BCUT2D eigenvalue weighted by Gasteiger charge is -2.14. The van der Waals surface area contributed by atoms with Gasteiger partial charge in [-0.2, -0.15) is 0 Å². The van der Waals surface area contributed by atoms with Crippen molar-refractivity contribution in [3.8, 4) is 0 Å². The summed E-state index contributed by atoms with van der Waals surface area (Å²) < 4.78 is 0. The van der Waals surface area contributed by atoms with Crippen LogP contribution >= 0.6 is 0 Å². The van der Waals surface area contributed by atoms with Crippen molar-refractivity contribution in [1.82, 2.24) is 4.98 Å². The topological polar surface area (TPSA) is 64.9 Å². The molecule has 0 aliphatic heterocycles. The van der Waals surface area contributed by atoms with Gasteiger partial charge in [-0.25, -0.2) is 0 Å². The van der Waals surface area contributed by atoms with Crippen LogP contribution in [-0.2, 0) is 6.42 Å². The third-order valence-corrected chi connectivity index (χ3v) is 1.90. The van der Waals surface area contributed by atoms with E-state index in [0.29, 0.717) is 0 Å². The van der Waals surface area contributed by atoms with Crippen molar-refractivity contribution >= 4 is 0 Å². The first kappa shape index (κ1) is 9.16. The second-order valence-corrected chi connectivity index (χ2v) is 3.08. The zero-order valence-electron chi connectivity index (χ0n) is 7.27. The standard InChI is InChI=1S/C9H15N3/c1-7(10)9(11)6-8-2-4-12-5-3-8/h2-5,7,9H,6,10-11H2,1H3. The van der Waals surface area contributed by atoms with Gasteiger partial charge in [-0.3, -0.25) is 4.98 Å².